The molecule has 8 nitrogen and oxygen atoms in total. The molecule has 2 aromatic rings. The van der Waals surface area contributed by atoms with E-state index in [2.05, 4.69) is 27.1 Å². The van der Waals surface area contributed by atoms with Crippen molar-refractivity contribution in [3.63, 3.8) is 0 Å². The molecule has 3 atom stereocenters. The third kappa shape index (κ3) is 5.92. The molecule has 2 amide bonds. The van der Waals surface area contributed by atoms with E-state index in [1.54, 1.807) is 18.2 Å². The molecule has 1 aliphatic heterocycles. The fourth-order valence-electron chi connectivity index (χ4n) is 4.53. The first-order valence-corrected chi connectivity index (χ1v) is 12.0. The zero-order valence-electron chi connectivity index (χ0n) is 17.8. The molecular weight excluding hydrogens is 453 g/mol. The van der Waals surface area contributed by atoms with Gasteiger partial charge >= 0.3 is 6.03 Å². The highest BCUT2D eigenvalue weighted by molar-refractivity contribution is 6.42. The van der Waals surface area contributed by atoms with E-state index >= 15 is 0 Å². The number of carbonyl (C=O) groups is 1. The van der Waals surface area contributed by atoms with Gasteiger partial charge in [0.15, 0.2) is 0 Å². The van der Waals surface area contributed by atoms with Crippen molar-refractivity contribution in [3.05, 3.63) is 40.1 Å². The summed E-state index contributed by atoms with van der Waals surface area (Å²) in [6.07, 6.45) is 8.85. The molecule has 174 valence electrons. The number of rotatable bonds is 7. The highest BCUT2D eigenvalue weighted by Crippen LogP contribution is 2.32. The SMILES string of the molecule is O=C(Nc1ccc(Cl)c(Cl)c1)N[C@@H]1CC[C@H](CCn2cc(C3CCCC3)nn2)O[C@H]1CO. The zero-order valence-corrected chi connectivity index (χ0v) is 19.4. The summed E-state index contributed by atoms with van der Waals surface area (Å²) in [5.74, 6) is 0.551. The maximum absolute atomic E-state index is 12.4. The number of aliphatic hydroxyl groups excluding tert-OH is 1. The summed E-state index contributed by atoms with van der Waals surface area (Å²) in [6, 6.07) is 4.22. The smallest absolute Gasteiger partial charge is 0.319 e. The monoisotopic (exact) mass is 481 g/mol. The highest BCUT2D eigenvalue weighted by atomic mass is 35.5. The minimum Gasteiger partial charge on any atom is -0.394 e. The Kier molecular flexibility index (Phi) is 7.88. The molecule has 0 spiro atoms. The van der Waals surface area contributed by atoms with Gasteiger partial charge in [-0.1, -0.05) is 41.3 Å². The average Bonchev–Trinajstić information content (AvgIpc) is 3.47. The van der Waals surface area contributed by atoms with Crippen LogP contribution in [0.3, 0.4) is 0 Å². The van der Waals surface area contributed by atoms with Crippen molar-refractivity contribution in [2.75, 3.05) is 11.9 Å². The lowest BCUT2D eigenvalue weighted by Crippen LogP contribution is -2.52. The summed E-state index contributed by atoms with van der Waals surface area (Å²) in [7, 11) is 0. The first-order valence-electron chi connectivity index (χ1n) is 11.2. The molecule has 1 saturated heterocycles. The van der Waals surface area contributed by atoms with Crippen LogP contribution >= 0.6 is 23.2 Å². The molecule has 1 saturated carbocycles. The van der Waals surface area contributed by atoms with Crippen molar-refractivity contribution in [2.24, 2.45) is 0 Å². The molecule has 2 aliphatic rings. The molecule has 1 aromatic heterocycles. The number of anilines is 1. The third-order valence-corrected chi connectivity index (χ3v) is 7.04. The molecule has 2 fully saturated rings. The molecule has 2 heterocycles. The van der Waals surface area contributed by atoms with E-state index in [-0.39, 0.29) is 24.8 Å². The largest absolute Gasteiger partial charge is 0.394 e. The molecule has 0 unspecified atom stereocenters. The van der Waals surface area contributed by atoms with E-state index in [0.29, 0.717) is 21.7 Å². The Morgan fingerprint density at radius 3 is 2.75 bits per heavy atom. The number of nitrogens with zero attached hydrogens (tertiary/aromatic N) is 3. The number of aromatic nitrogens is 3. The number of aliphatic hydroxyl groups is 1. The van der Waals surface area contributed by atoms with Crippen molar-refractivity contribution in [1.29, 1.82) is 0 Å². The summed E-state index contributed by atoms with van der Waals surface area (Å²) in [5, 5.41) is 24.8. The van der Waals surface area contributed by atoms with Crippen molar-refractivity contribution in [3.8, 4) is 0 Å². The molecule has 32 heavy (non-hydrogen) atoms. The first-order chi connectivity index (χ1) is 15.5. The maximum Gasteiger partial charge on any atom is 0.319 e. The van der Waals surface area contributed by atoms with Crippen molar-refractivity contribution in [1.82, 2.24) is 20.3 Å². The van der Waals surface area contributed by atoms with Crippen LogP contribution in [0.4, 0.5) is 10.5 Å². The van der Waals surface area contributed by atoms with Gasteiger partial charge in [0.1, 0.15) is 6.10 Å². The van der Waals surface area contributed by atoms with Crippen LogP contribution in [0.15, 0.2) is 24.4 Å². The Morgan fingerprint density at radius 1 is 1.19 bits per heavy atom. The van der Waals surface area contributed by atoms with E-state index in [1.165, 1.54) is 25.7 Å². The quantitative estimate of drug-likeness (QED) is 0.545. The van der Waals surface area contributed by atoms with Crippen LogP contribution in [-0.2, 0) is 11.3 Å². The van der Waals surface area contributed by atoms with E-state index in [1.807, 2.05) is 4.68 Å². The van der Waals surface area contributed by atoms with Crippen molar-refractivity contribution >= 4 is 34.9 Å². The van der Waals surface area contributed by atoms with Gasteiger partial charge in [-0.2, -0.15) is 0 Å². The molecule has 4 rings (SSSR count). The molecule has 0 radical (unpaired) electrons. The lowest BCUT2D eigenvalue weighted by atomic mass is 9.97. The number of aryl methyl sites for hydroxylation is 1. The van der Waals surface area contributed by atoms with Crippen LogP contribution in [0.25, 0.3) is 0 Å². The van der Waals surface area contributed by atoms with E-state index in [9.17, 15) is 9.90 Å². The van der Waals surface area contributed by atoms with Crippen LogP contribution < -0.4 is 10.6 Å². The topological polar surface area (TPSA) is 101 Å². The summed E-state index contributed by atoms with van der Waals surface area (Å²) in [6.45, 7) is 0.557. The average molecular weight is 482 g/mol. The minimum atomic E-state index is -0.460. The standard InChI is InChI=1S/C22H29Cl2N5O3/c23-17-7-5-15(11-18(17)24)25-22(31)26-19-8-6-16(32-21(19)13-30)9-10-29-12-20(27-28-29)14-3-1-2-4-14/h5,7,11-12,14,16,19,21,30H,1-4,6,8-10,13H2,(H2,25,26,31)/t16-,19-,21+/m1/s1. The van der Waals surface area contributed by atoms with Crippen molar-refractivity contribution < 1.29 is 14.6 Å². The fraction of sp³-hybridized carbons (Fsp3) is 0.591. The lowest BCUT2D eigenvalue weighted by Gasteiger charge is -2.36. The maximum atomic E-state index is 12.4. The number of hydrogen-bond acceptors (Lipinski definition) is 5. The first kappa shape index (κ1) is 23.3. The number of benzene rings is 1. The molecule has 0 bridgehead atoms. The van der Waals surface area contributed by atoms with Crippen LogP contribution in [0.1, 0.15) is 56.6 Å². The molecule has 1 aliphatic carbocycles. The Labute approximate surface area is 197 Å². The number of nitrogens with one attached hydrogen (secondary N) is 2. The minimum absolute atomic E-state index is 0.00228. The predicted molar refractivity (Wildman–Crippen MR) is 123 cm³/mol. The van der Waals surface area contributed by atoms with Crippen molar-refractivity contribution in [2.45, 2.75) is 75.7 Å². The number of amides is 2. The molecule has 1 aromatic carbocycles. The number of hydrogen-bond donors (Lipinski definition) is 3. The van der Waals surface area contributed by atoms with Crippen LogP contribution in [-0.4, -0.2) is 51.0 Å². The highest BCUT2D eigenvalue weighted by Gasteiger charge is 2.32. The molecule has 10 heteroatoms. The summed E-state index contributed by atoms with van der Waals surface area (Å²) in [4.78, 5) is 12.4. The Balaban J connectivity index is 1.24. The number of carbonyl (C=O) groups excluding carboxylic acids is 1. The number of ether oxygens (including phenoxy) is 1. The normalized spacial score (nSPS) is 23.9. The van der Waals surface area contributed by atoms with Crippen LogP contribution in [0.5, 0.6) is 0 Å². The molecular formula is C22H29Cl2N5O3. The fourth-order valence-corrected chi connectivity index (χ4v) is 4.82. The van der Waals surface area contributed by atoms with Gasteiger partial charge < -0.3 is 20.5 Å². The second-order valence-electron chi connectivity index (χ2n) is 8.57. The Morgan fingerprint density at radius 2 is 2.00 bits per heavy atom. The zero-order chi connectivity index (χ0) is 22.5. The van der Waals surface area contributed by atoms with Gasteiger partial charge in [0, 0.05) is 24.3 Å². The predicted octanol–water partition coefficient (Wildman–Crippen LogP) is 4.36. The second kappa shape index (κ2) is 10.8. The van der Waals surface area contributed by atoms with Gasteiger partial charge in [0.05, 0.1) is 34.5 Å². The van der Waals surface area contributed by atoms with Crippen LogP contribution in [0, 0.1) is 0 Å². The van der Waals surface area contributed by atoms with Gasteiger partial charge in [0.25, 0.3) is 0 Å². The summed E-state index contributed by atoms with van der Waals surface area (Å²) in [5.41, 5.74) is 1.63. The van der Waals surface area contributed by atoms with Crippen LogP contribution in [0.2, 0.25) is 10.0 Å². The Hall–Kier alpha value is -1.87. The van der Waals surface area contributed by atoms with Gasteiger partial charge in [-0.15, -0.1) is 5.10 Å². The van der Waals surface area contributed by atoms with E-state index in [4.69, 9.17) is 27.9 Å². The van der Waals surface area contributed by atoms with E-state index in [0.717, 1.165) is 31.5 Å². The Bertz CT molecular complexity index is 919. The van der Waals surface area contributed by atoms with Gasteiger partial charge in [-0.05, 0) is 50.3 Å². The number of halogens is 2. The van der Waals surface area contributed by atoms with E-state index < -0.39 is 6.10 Å². The van der Waals surface area contributed by atoms with Gasteiger partial charge in [-0.3, -0.25) is 4.68 Å². The van der Waals surface area contributed by atoms with Gasteiger partial charge in [0.2, 0.25) is 0 Å². The lowest BCUT2D eigenvalue weighted by molar-refractivity contribution is -0.0905. The number of urea groups is 1. The second-order valence-corrected chi connectivity index (χ2v) is 9.38. The molecule has 3 N–H and O–H groups in total. The van der Waals surface area contributed by atoms with Gasteiger partial charge in [-0.25, -0.2) is 4.79 Å². The summed E-state index contributed by atoms with van der Waals surface area (Å²) >= 11 is 11.9. The third-order valence-electron chi connectivity index (χ3n) is 6.30. The summed E-state index contributed by atoms with van der Waals surface area (Å²) < 4.78 is 7.96.